The van der Waals surface area contributed by atoms with Crippen molar-refractivity contribution in [1.82, 2.24) is 0 Å². The van der Waals surface area contributed by atoms with Gasteiger partial charge in [-0.1, -0.05) is 121 Å². The summed E-state index contributed by atoms with van der Waals surface area (Å²) in [7, 11) is 0. The third-order valence-corrected chi connectivity index (χ3v) is 10.8. The maximum Gasteiger partial charge on any atom is 0.136 e. The van der Waals surface area contributed by atoms with E-state index in [4.69, 9.17) is 4.42 Å². The molecule has 0 amide bonds. The van der Waals surface area contributed by atoms with Crippen molar-refractivity contribution < 1.29 is 4.42 Å². The minimum Gasteiger partial charge on any atom is -0.456 e. The van der Waals surface area contributed by atoms with Gasteiger partial charge in [-0.15, -0.1) is 11.3 Å². The molecule has 0 saturated heterocycles. The average molecular weight is 644 g/mol. The SMILES string of the molecule is c1ccc(-c2ccc(N(c3ccc(-c4cccc5oc6ccccc6c45)cc3)c3ccc4c(c3)sc3ccc5ccccc5c34)cc2)cc1. The van der Waals surface area contributed by atoms with Crippen LogP contribution in [0.3, 0.4) is 0 Å². The second-order valence-electron chi connectivity index (χ2n) is 12.5. The highest BCUT2D eigenvalue weighted by atomic mass is 32.1. The molecular weight excluding hydrogens is 615 g/mol. The molecule has 8 aromatic carbocycles. The van der Waals surface area contributed by atoms with E-state index in [0.29, 0.717) is 0 Å². The molecule has 2 nitrogen and oxygen atoms in total. The average Bonchev–Trinajstić information content (AvgIpc) is 3.74. The Labute approximate surface area is 287 Å². The molecule has 0 N–H and O–H groups in total. The van der Waals surface area contributed by atoms with Gasteiger partial charge in [-0.25, -0.2) is 0 Å². The van der Waals surface area contributed by atoms with Gasteiger partial charge in [-0.3, -0.25) is 0 Å². The number of rotatable bonds is 5. The number of hydrogen-bond donors (Lipinski definition) is 0. The fourth-order valence-corrected chi connectivity index (χ4v) is 8.51. The lowest BCUT2D eigenvalue weighted by Gasteiger charge is -2.26. The van der Waals surface area contributed by atoms with E-state index in [1.54, 1.807) is 0 Å². The lowest BCUT2D eigenvalue weighted by atomic mass is 9.99. The molecule has 49 heavy (non-hydrogen) atoms. The molecule has 0 saturated carbocycles. The van der Waals surface area contributed by atoms with Crippen molar-refractivity contribution in [3.63, 3.8) is 0 Å². The first-order valence-corrected chi connectivity index (χ1v) is 17.4. The maximum absolute atomic E-state index is 6.21. The summed E-state index contributed by atoms with van der Waals surface area (Å²) in [5, 5.41) is 7.52. The van der Waals surface area contributed by atoms with E-state index >= 15 is 0 Å². The summed E-state index contributed by atoms with van der Waals surface area (Å²) in [6.45, 7) is 0. The van der Waals surface area contributed by atoms with Crippen molar-refractivity contribution in [2.75, 3.05) is 4.90 Å². The summed E-state index contributed by atoms with van der Waals surface area (Å²) in [5.74, 6) is 0. The minimum absolute atomic E-state index is 0.910. The van der Waals surface area contributed by atoms with Gasteiger partial charge >= 0.3 is 0 Å². The van der Waals surface area contributed by atoms with E-state index in [1.165, 1.54) is 47.6 Å². The van der Waals surface area contributed by atoms with Crippen LogP contribution in [0.4, 0.5) is 17.1 Å². The van der Waals surface area contributed by atoms with Crippen LogP contribution < -0.4 is 4.90 Å². The first-order valence-electron chi connectivity index (χ1n) is 16.6. The Kier molecular flexibility index (Phi) is 6.39. The molecule has 0 aliphatic rings. The molecule has 0 bridgehead atoms. The molecular formula is C46H29NOS. The van der Waals surface area contributed by atoms with E-state index in [0.717, 1.165) is 44.6 Å². The second-order valence-corrected chi connectivity index (χ2v) is 13.6. The Morgan fingerprint density at radius 2 is 1.04 bits per heavy atom. The zero-order valence-electron chi connectivity index (χ0n) is 26.5. The van der Waals surface area contributed by atoms with Crippen LogP contribution in [0.25, 0.3) is 75.1 Å². The third kappa shape index (κ3) is 4.62. The van der Waals surface area contributed by atoms with Gasteiger partial charge in [0.05, 0.1) is 0 Å². The molecule has 0 unspecified atom stereocenters. The first kappa shape index (κ1) is 27.9. The van der Waals surface area contributed by atoms with Crippen LogP contribution in [-0.2, 0) is 0 Å². The quantitative estimate of drug-likeness (QED) is 0.186. The molecule has 10 aromatic rings. The number of benzene rings is 8. The second kappa shape index (κ2) is 11.2. The van der Waals surface area contributed by atoms with Gasteiger partial charge in [0.15, 0.2) is 0 Å². The van der Waals surface area contributed by atoms with Gasteiger partial charge in [0.1, 0.15) is 11.2 Å². The number of hydrogen-bond acceptors (Lipinski definition) is 3. The lowest BCUT2D eigenvalue weighted by molar-refractivity contribution is 0.669. The molecule has 10 rings (SSSR count). The van der Waals surface area contributed by atoms with Crippen molar-refractivity contribution in [3.05, 3.63) is 176 Å². The largest absolute Gasteiger partial charge is 0.456 e. The molecule has 230 valence electrons. The Bertz CT molecular complexity index is 2810. The highest BCUT2D eigenvalue weighted by molar-refractivity contribution is 7.26. The predicted octanol–water partition coefficient (Wildman–Crippen LogP) is 13.9. The zero-order valence-corrected chi connectivity index (χ0v) is 27.3. The fraction of sp³-hybridized carbons (Fsp3) is 0. The van der Waals surface area contributed by atoms with Crippen LogP contribution in [-0.4, -0.2) is 0 Å². The summed E-state index contributed by atoms with van der Waals surface area (Å²) in [4.78, 5) is 2.37. The number of nitrogens with zero attached hydrogens (tertiary/aromatic N) is 1. The van der Waals surface area contributed by atoms with Crippen LogP contribution in [0.2, 0.25) is 0 Å². The molecule has 0 radical (unpaired) electrons. The van der Waals surface area contributed by atoms with E-state index in [1.807, 2.05) is 23.5 Å². The normalized spacial score (nSPS) is 11.7. The molecule has 2 heterocycles. The Hall–Kier alpha value is -6.16. The van der Waals surface area contributed by atoms with Crippen LogP contribution >= 0.6 is 11.3 Å². The Morgan fingerprint density at radius 1 is 0.388 bits per heavy atom. The number of fused-ring (bicyclic) bond motifs is 8. The minimum atomic E-state index is 0.910. The third-order valence-electron chi connectivity index (χ3n) is 9.68. The van der Waals surface area contributed by atoms with Crippen molar-refractivity contribution >= 4 is 81.3 Å². The number of para-hydroxylation sites is 1. The summed E-state index contributed by atoms with van der Waals surface area (Å²) >= 11 is 1.87. The molecule has 3 heteroatoms. The zero-order chi connectivity index (χ0) is 32.3. The van der Waals surface area contributed by atoms with Gasteiger partial charge in [0.25, 0.3) is 0 Å². The van der Waals surface area contributed by atoms with Crippen molar-refractivity contribution in [2.24, 2.45) is 0 Å². The lowest BCUT2D eigenvalue weighted by Crippen LogP contribution is -2.09. The van der Waals surface area contributed by atoms with Crippen molar-refractivity contribution in [2.45, 2.75) is 0 Å². The van der Waals surface area contributed by atoms with Gasteiger partial charge in [-0.05, 0) is 87.6 Å². The Morgan fingerprint density at radius 3 is 1.86 bits per heavy atom. The van der Waals surface area contributed by atoms with Crippen molar-refractivity contribution in [3.8, 4) is 22.3 Å². The van der Waals surface area contributed by atoms with E-state index in [-0.39, 0.29) is 0 Å². The Balaban J connectivity index is 1.11. The molecule has 0 spiro atoms. The first-order chi connectivity index (χ1) is 24.3. The topological polar surface area (TPSA) is 16.4 Å². The summed E-state index contributed by atoms with van der Waals surface area (Å²) in [5.41, 5.74) is 9.92. The maximum atomic E-state index is 6.21. The predicted molar refractivity (Wildman–Crippen MR) is 210 cm³/mol. The van der Waals surface area contributed by atoms with E-state index in [2.05, 4.69) is 169 Å². The smallest absolute Gasteiger partial charge is 0.136 e. The number of thiophene rings is 1. The van der Waals surface area contributed by atoms with Gasteiger partial charge < -0.3 is 9.32 Å². The summed E-state index contributed by atoms with van der Waals surface area (Å²) in [6, 6.07) is 63.2. The summed E-state index contributed by atoms with van der Waals surface area (Å²) < 4.78 is 8.80. The molecule has 0 atom stereocenters. The summed E-state index contributed by atoms with van der Waals surface area (Å²) in [6.07, 6.45) is 0. The van der Waals surface area contributed by atoms with E-state index in [9.17, 15) is 0 Å². The molecule has 0 fully saturated rings. The van der Waals surface area contributed by atoms with Crippen molar-refractivity contribution in [1.29, 1.82) is 0 Å². The monoisotopic (exact) mass is 643 g/mol. The molecule has 0 aliphatic heterocycles. The van der Waals surface area contributed by atoms with Gasteiger partial charge in [0, 0.05) is 48.0 Å². The molecule has 0 aliphatic carbocycles. The highest BCUT2D eigenvalue weighted by Gasteiger charge is 2.17. The molecule has 2 aromatic heterocycles. The highest BCUT2D eigenvalue weighted by Crippen LogP contribution is 2.44. The van der Waals surface area contributed by atoms with Crippen LogP contribution in [0, 0.1) is 0 Å². The fourth-order valence-electron chi connectivity index (χ4n) is 7.36. The number of anilines is 3. The van der Waals surface area contributed by atoms with Crippen LogP contribution in [0.1, 0.15) is 0 Å². The van der Waals surface area contributed by atoms with E-state index < -0.39 is 0 Å². The standard InChI is InChI=1S/C46H29NOS/c1-2-9-30(10-3-1)31-17-22-34(23-18-31)47(36-26-27-40-44(29-36)49-43-28-21-32-11-4-5-12-38(32)46(40)43)35-24-19-33(20-25-35)37-14-8-16-42-45(37)39-13-6-7-15-41(39)48-42/h1-29H. The van der Waals surface area contributed by atoms with Crippen LogP contribution in [0.15, 0.2) is 180 Å². The van der Waals surface area contributed by atoms with Gasteiger partial charge in [-0.2, -0.15) is 0 Å². The number of furan rings is 1. The van der Waals surface area contributed by atoms with Crippen LogP contribution in [0.5, 0.6) is 0 Å². The van der Waals surface area contributed by atoms with Gasteiger partial charge in [0.2, 0.25) is 0 Å².